The Balaban J connectivity index is 1.33. The fraction of sp³-hybridized carbons (Fsp3) is 0.444. The molecule has 0 atom stereocenters. The number of benzene rings is 2. The van der Waals surface area contributed by atoms with Crippen LogP contribution >= 0.6 is 0 Å². The maximum Gasteiger partial charge on any atom is 0.250 e. The van der Waals surface area contributed by atoms with Gasteiger partial charge in [0.2, 0.25) is 10.0 Å². The van der Waals surface area contributed by atoms with Gasteiger partial charge >= 0.3 is 0 Å². The van der Waals surface area contributed by atoms with E-state index in [1.165, 1.54) is 19.3 Å². The van der Waals surface area contributed by atoms with Crippen LogP contribution in [0.2, 0.25) is 0 Å². The summed E-state index contributed by atoms with van der Waals surface area (Å²) in [6, 6.07) is 13.9. The Hall–Kier alpha value is -2.68. The van der Waals surface area contributed by atoms with Gasteiger partial charge in [-0.25, -0.2) is 12.7 Å². The Labute approximate surface area is 207 Å². The maximum atomic E-state index is 13.0. The lowest BCUT2D eigenvalue weighted by Gasteiger charge is -2.32. The molecule has 0 spiro atoms. The van der Waals surface area contributed by atoms with Crippen molar-refractivity contribution in [3.05, 3.63) is 59.8 Å². The highest BCUT2D eigenvalue weighted by atomic mass is 32.2. The van der Waals surface area contributed by atoms with E-state index in [2.05, 4.69) is 16.0 Å². The third kappa shape index (κ3) is 5.15. The summed E-state index contributed by atoms with van der Waals surface area (Å²) in [5.74, 6) is -0.0347. The maximum absolute atomic E-state index is 13.0. The predicted octanol–water partition coefficient (Wildman–Crippen LogP) is 3.93. The van der Waals surface area contributed by atoms with Gasteiger partial charge in [-0.1, -0.05) is 36.8 Å². The van der Waals surface area contributed by atoms with Crippen LogP contribution in [0.15, 0.2) is 48.7 Å². The van der Waals surface area contributed by atoms with E-state index in [1.807, 2.05) is 42.6 Å². The second-order valence-electron chi connectivity index (χ2n) is 9.81. The summed E-state index contributed by atoms with van der Waals surface area (Å²) < 4.78 is 27.7. The number of carbonyl (C=O) groups is 1. The number of nitrogens with two attached hydrogens (primary N) is 1. The lowest BCUT2D eigenvalue weighted by atomic mass is 9.88. The van der Waals surface area contributed by atoms with Crippen molar-refractivity contribution >= 4 is 26.8 Å². The van der Waals surface area contributed by atoms with Gasteiger partial charge < -0.3 is 15.6 Å². The molecular formula is C27H34N4O3S. The second kappa shape index (κ2) is 10.1. The van der Waals surface area contributed by atoms with E-state index < -0.39 is 15.9 Å². The average molecular weight is 495 g/mol. The van der Waals surface area contributed by atoms with Gasteiger partial charge in [0, 0.05) is 31.2 Å². The van der Waals surface area contributed by atoms with Crippen molar-refractivity contribution in [2.24, 2.45) is 5.73 Å². The van der Waals surface area contributed by atoms with Gasteiger partial charge in [0.05, 0.1) is 16.8 Å². The summed E-state index contributed by atoms with van der Waals surface area (Å²) >= 11 is 0. The zero-order chi connectivity index (χ0) is 24.4. The Kier molecular flexibility index (Phi) is 6.95. The zero-order valence-electron chi connectivity index (χ0n) is 20.1. The molecule has 3 heterocycles. The van der Waals surface area contributed by atoms with Gasteiger partial charge in [0.15, 0.2) is 0 Å². The first-order chi connectivity index (χ1) is 16.9. The number of primary amides is 1. The third-order valence-electron chi connectivity index (χ3n) is 7.60. The number of aromatic amines is 1. The molecule has 2 aliphatic rings. The molecule has 0 radical (unpaired) electrons. The van der Waals surface area contributed by atoms with Crippen LogP contribution in [0.25, 0.3) is 22.0 Å². The summed E-state index contributed by atoms with van der Waals surface area (Å²) in [5.41, 5.74) is 10.1. The quantitative estimate of drug-likeness (QED) is 0.520. The van der Waals surface area contributed by atoms with E-state index in [-0.39, 0.29) is 11.7 Å². The fourth-order valence-electron chi connectivity index (χ4n) is 5.58. The van der Waals surface area contributed by atoms with E-state index in [0.717, 1.165) is 53.5 Å². The van der Waals surface area contributed by atoms with Crippen LogP contribution in [-0.2, 0) is 10.0 Å². The molecule has 3 aromatic rings. The average Bonchev–Trinajstić information content (AvgIpc) is 3.32. The molecule has 2 aliphatic heterocycles. The number of fused-ring (bicyclic) bond motifs is 1. The summed E-state index contributed by atoms with van der Waals surface area (Å²) in [7, 11) is -3.26. The van der Waals surface area contributed by atoms with Crippen LogP contribution in [0.1, 0.15) is 53.9 Å². The highest BCUT2D eigenvalue weighted by molar-refractivity contribution is 7.89. The van der Waals surface area contributed by atoms with E-state index >= 15 is 0 Å². The highest BCUT2D eigenvalue weighted by Crippen LogP contribution is 2.37. The smallest absolute Gasteiger partial charge is 0.250 e. The van der Waals surface area contributed by atoms with Crippen LogP contribution in [0, 0.1) is 0 Å². The summed E-state index contributed by atoms with van der Waals surface area (Å²) in [6.45, 7) is 3.71. The predicted molar refractivity (Wildman–Crippen MR) is 140 cm³/mol. The van der Waals surface area contributed by atoms with Crippen molar-refractivity contribution in [3.8, 4) is 11.1 Å². The fourth-order valence-corrected chi connectivity index (χ4v) is 7.10. The first kappa shape index (κ1) is 24.0. The molecule has 0 bridgehead atoms. The molecule has 8 heteroatoms. The van der Waals surface area contributed by atoms with Crippen molar-refractivity contribution in [1.29, 1.82) is 0 Å². The molecule has 2 saturated heterocycles. The Morgan fingerprint density at radius 1 is 0.971 bits per heavy atom. The molecule has 2 aromatic carbocycles. The standard InChI is InChI=1S/C27H34N4O3S/c28-27(32)24-18-22(20-7-3-1-4-8-20)17-23-25(19-29-26(23)24)21-9-13-31(14-10-21)35(33,34)16-15-30-11-5-2-6-12-30/h1,3-4,7-8,17-19,21,29H,2,5-6,9-16H2,(H2,28,32). The number of hydrogen-bond acceptors (Lipinski definition) is 4. The second-order valence-corrected chi connectivity index (χ2v) is 11.9. The van der Waals surface area contributed by atoms with E-state index in [0.29, 0.717) is 25.2 Å². The van der Waals surface area contributed by atoms with Crippen molar-refractivity contribution in [1.82, 2.24) is 14.2 Å². The van der Waals surface area contributed by atoms with Gasteiger partial charge in [0.1, 0.15) is 0 Å². The number of piperidine rings is 2. The molecule has 5 rings (SSSR count). The van der Waals surface area contributed by atoms with E-state index in [4.69, 9.17) is 5.73 Å². The van der Waals surface area contributed by atoms with Crippen LogP contribution in [0.4, 0.5) is 0 Å². The number of hydrogen-bond donors (Lipinski definition) is 2. The normalized spacial score (nSPS) is 18.7. The summed E-state index contributed by atoms with van der Waals surface area (Å²) in [6.07, 6.45) is 7.07. The number of sulfonamides is 1. The van der Waals surface area contributed by atoms with E-state index in [1.54, 1.807) is 4.31 Å². The van der Waals surface area contributed by atoms with Crippen LogP contribution in [0.3, 0.4) is 0 Å². The van der Waals surface area contributed by atoms with Crippen LogP contribution < -0.4 is 5.73 Å². The molecule has 0 saturated carbocycles. The van der Waals surface area contributed by atoms with Gasteiger partial charge in [-0.15, -0.1) is 0 Å². The van der Waals surface area contributed by atoms with Crippen LogP contribution in [0.5, 0.6) is 0 Å². The monoisotopic (exact) mass is 494 g/mol. The number of carbonyl (C=O) groups excluding carboxylic acids is 1. The molecule has 7 nitrogen and oxygen atoms in total. The SMILES string of the molecule is NC(=O)c1cc(-c2ccccc2)cc2c(C3CCN(S(=O)(=O)CCN4CCCCC4)CC3)c[nH]c12. The summed E-state index contributed by atoms with van der Waals surface area (Å²) in [4.78, 5) is 17.8. The number of nitrogens with zero attached hydrogens (tertiary/aromatic N) is 2. The van der Waals surface area contributed by atoms with Crippen molar-refractivity contribution in [2.75, 3.05) is 38.5 Å². The first-order valence-corrected chi connectivity index (χ1v) is 14.2. The van der Waals surface area contributed by atoms with Crippen molar-refractivity contribution in [2.45, 2.75) is 38.0 Å². The number of amides is 1. The topological polar surface area (TPSA) is 99.5 Å². The number of aromatic nitrogens is 1. The highest BCUT2D eigenvalue weighted by Gasteiger charge is 2.30. The first-order valence-electron chi connectivity index (χ1n) is 12.6. The van der Waals surface area contributed by atoms with Crippen molar-refractivity contribution in [3.63, 3.8) is 0 Å². The number of rotatable bonds is 7. The lowest BCUT2D eigenvalue weighted by Crippen LogP contribution is -2.42. The largest absolute Gasteiger partial charge is 0.366 e. The van der Waals surface area contributed by atoms with Gasteiger partial charge in [-0.05, 0) is 73.5 Å². The molecule has 35 heavy (non-hydrogen) atoms. The minimum absolute atomic E-state index is 0.202. The number of H-pyrrole nitrogens is 1. The van der Waals surface area contributed by atoms with Gasteiger partial charge in [-0.2, -0.15) is 0 Å². The molecule has 3 N–H and O–H groups in total. The van der Waals surface area contributed by atoms with Crippen molar-refractivity contribution < 1.29 is 13.2 Å². The zero-order valence-corrected chi connectivity index (χ0v) is 20.9. The number of nitrogens with one attached hydrogen (secondary N) is 1. The summed E-state index contributed by atoms with van der Waals surface area (Å²) in [5, 5.41) is 0.992. The molecule has 186 valence electrons. The Bertz CT molecular complexity index is 1290. The Morgan fingerprint density at radius 2 is 1.69 bits per heavy atom. The van der Waals surface area contributed by atoms with Crippen LogP contribution in [-0.4, -0.2) is 67.0 Å². The minimum atomic E-state index is -3.26. The molecule has 2 fully saturated rings. The molecule has 0 aliphatic carbocycles. The van der Waals surface area contributed by atoms with Gasteiger partial charge in [0.25, 0.3) is 5.91 Å². The Morgan fingerprint density at radius 3 is 2.37 bits per heavy atom. The molecule has 1 amide bonds. The van der Waals surface area contributed by atoms with E-state index in [9.17, 15) is 13.2 Å². The third-order valence-corrected chi connectivity index (χ3v) is 9.45. The minimum Gasteiger partial charge on any atom is -0.366 e. The van der Waals surface area contributed by atoms with Gasteiger partial charge in [-0.3, -0.25) is 4.79 Å². The lowest BCUT2D eigenvalue weighted by molar-refractivity contribution is 0.100. The number of likely N-dealkylation sites (tertiary alicyclic amines) is 1. The molecule has 1 aromatic heterocycles. The molecular weight excluding hydrogens is 460 g/mol. The molecule has 0 unspecified atom stereocenters.